The minimum absolute atomic E-state index is 0.0639. The van der Waals surface area contributed by atoms with Gasteiger partial charge >= 0.3 is 29.8 Å². The van der Waals surface area contributed by atoms with E-state index in [0.29, 0.717) is 32.3 Å². The second-order valence-electron chi connectivity index (χ2n) is 23.9. The number of halogens is 1. The lowest BCUT2D eigenvalue weighted by Crippen LogP contribution is -2.25. The number of hydrogen-bond acceptors (Lipinski definition) is 10. The molecule has 0 saturated heterocycles. The van der Waals surface area contributed by atoms with Gasteiger partial charge in [0.25, 0.3) is 0 Å². The van der Waals surface area contributed by atoms with Gasteiger partial charge in [-0.3, -0.25) is 24.1 Å². The molecule has 0 amide bonds. The Morgan fingerprint density at radius 1 is 0.451 bits per heavy atom. The zero-order valence-corrected chi connectivity index (χ0v) is 57.7. The molecule has 91 heavy (non-hydrogen) atoms. The SMILES string of the molecule is C=C(O)CC(C(=O)O)C(/C=C/C=C\C/C=C\CCCCCCCC(=C)OCC(CC)OC(=C)CCCCCC/C=C/C(CCCCCCCC)C(CC(=O)OF)C(=O)O)CC.CC.CCCCCC(/C=C/C=C\CCCCCCCC(C)=O)C(CC(=O)O)C(=O)O. The third-order valence-corrected chi connectivity index (χ3v) is 15.9. The van der Waals surface area contributed by atoms with Crippen molar-refractivity contribution in [3.05, 3.63) is 110 Å². The summed E-state index contributed by atoms with van der Waals surface area (Å²) in [6, 6.07) is 0. The van der Waals surface area contributed by atoms with Crippen molar-refractivity contribution in [1.82, 2.24) is 0 Å². The van der Waals surface area contributed by atoms with Gasteiger partial charge in [0.05, 0.1) is 47.9 Å². The summed E-state index contributed by atoms with van der Waals surface area (Å²) in [5.74, 6) is -6.86. The highest BCUT2D eigenvalue weighted by Crippen LogP contribution is 2.28. The van der Waals surface area contributed by atoms with E-state index in [9.17, 15) is 53.7 Å². The van der Waals surface area contributed by atoms with E-state index in [1.807, 2.05) is 75.5 Å². The van der Waals surface area contributed by atoms with Crippen molar-refractivity contribution in [2.24, 2.45) is 35.5 Å². The number of unbranched alkanes of at least 4 members (excludes halogenated alkanes) is 21. The van der Waals surface area contributed by atoms with Crippen molar-refractivity contribution >= 4 is 35.6 Å². The summed E-state index contributed by atoms with van der Waals surface area (Å²) in [5.41, 5.74) is 0. The smallest absolute Gasteiger partial charge is 0.349 e. The first kappa shape index (κ1) is 89.2. The largest absolute Gasteiger partial charge is 0.513 e. The molecule has 7 unspecified atom stereocenters. The summed E-state index contributed by atoms with van der Waals surface area (Å²) >= 11 is 0. The van der Waals surface area contributed by atoms with Crippen LogP contribution in [0.4, 0.5) is 4.53 Å². The van der Waals surface area contributed by atoms with Gasteiger partial charge in [0, 0.05) is 30.2 Å². The minimum Gasteiger partial charge on any atom is -0.513 e. The molecule has 7 atom stereocenters. The number of carbonyl (C=O) groups is 6. The molecular weight excluding hydrogens is 1160 g/mol. The molecule has 522 valence electrons. The molecule has 0 rings (SSSR count). The minimum atomic E-state index is -1.14. The first-order chi connectivity index (χ1) is 43.8. The number of aliphatic carboxylic acids is 4. The van der Waals surface area contributed by atoms with Gasteiger partial charge in [-0.15, -0.1) is 0 Å². The first-order valence-corrected chi connectivity index (χ1v) is 35.0. The lowest BCUT2D eigenvalue weighted by molar-refractivity contribution is -0.186. The predicted octanol–water partition coefficient (Wildman–Crippen LogP) is 21.4. The molecule has 14 nitrogen and oxygen atoms in total. The normalized spacial score (nSPS) is 13.9. The van der Waals surface area contributed by atoms with Gasteiger partial charge in [-0.25, -0.2) is 4.79 Å². The van der Waals surface area contributed by atoms with Crippen LogP contribution in [0.2, 0.25) is 0 Å². The van der Waals surface area contributed by atoms with Gasteiger partial charge in [0.15, 0.2) is 0 Å². The van der Waals surface area contributed by atoms with Crippen molar-refractivity contribution in [3.63, 3.8) is 0 Å². The van der Waals surface area contributed by atoms with Crippen LogP contribution >= 0.6 is 0 Å². The maximum Gasteiger partial charge on any atom is 0.349 e. The van der Waals surface area contributed by atoms with E-state index >= 15 is 0 Å². The lowest BCUT2D eigenvalue weighted by Gasteiger charge is -2.20. The van der Waals surface area contributed by atoms with E-state index in [1.165, 1.54) is 19.3 Å². The zero-order chi connectivity index (χ0) is 68.7. The molecule has 0 heterocycles. The summed E-state index contributed by atoms with van der Waals surface area (Å²) in [6.45, 7) is 26.0. The standard InChI is InChI=1S/C51H83FO9.C23H38O5.C2H6/c1-7-10-11-12-25-31-36-45(48(51(57)58)39-49(54)61-52)37-32-27-22-21-24-29-34-43(6)60-46(9-3)40-59-42(5)33-28-23-19-17-15-13-14-16-18-20-26-30-35-44(8-2)47(50(55)56)38-41(4)53;1-3-4-12-16-20(21(23(27)28)18-22(25)26)17-14-11-9-7-5-6-8-10-13-15-19(2)24;1-2/h14,16,20,26,30,32,35,37,44-48,53H,4-13,15,17-19,21-25,27-29,31,33-34,36,38-40H2,1-3H3,(H,55,56)(H,57,58);9,11,14,17,20-21H,3-8,10,12-13,15-16,18H2,1-2H3,(H,25,26)(H,27,28);1-2H3/b16-14-,26-20-,35-30+,37-32+;11-9-,17-14+;. The number of aliphatic hydroxyl groups is 1. The zero-order valence-electron chi connectivity index (χ0n) is 57.7. The maximum atomic E-state index is 12.4. The maximum absolute atomic E-state index is 12.4. The average molecular weight is 1280 g/mol. The van der Waals surface area contributed by atoms with Crippen LogP contribution < -0.4 is 0 Å². The molecule has 0 aliphatic carbocycles. The summed E-state index contributed by atoms with van der Waals surface area (Å²) in [7, 11) is 0. The van der Waals surface area contributed by atoms with Gasteiger partial charge in [-0.1, -0.05) is 243 Å². The number of allylic oxidation sites excluding steroid dienone is 15. The number of Topliss-reactive ketones (excluding diaryl/α,β-unsaturated/α-hetero) is 1. The van der Waals surface area contributed by atoms with E-state index in [0.717, 1.165) is 185 Å². The number of ether oxygens (including phenoxy) is 2. The van der Waals surface area contributed by atoms with Gasteiger partial charge in [-0.2, -0.15) is 0 Å². The summed E-state index contributed by atoms with van der Waals surface area (Å²) in [4.78, 5) is 71.7. The number of hydrogen-bond donors (Lipinski definition) is 5. The molecular formula is C76H127FO14. The molecule has 0 bridgehead atoms. The number of carbonyl (C=O) groups excluding carboxylic acids is 2. The van der Waals surface area contributed by atoms with Crippen molar-refractivity contribution in [1.29, 1.82) is 0 Å². The number of rotatable bonds is 60. The highest BCUT2D eigenvalue weighted by molar-refractivity contribution is 5.79. The summed E-state index contributed by atoms with van der Waals surface area (Å²) in [6.07, 6.45) is 56.4. The Labute approximate surface area is 550 Å². The van der Waals surface area contributed by atoms with Gasteiger partial charge in [0.2, 0.25) is 0 Å². The molecule has 15 heteroatoms. The summed E-state index contributed by atoms with van der Waals surface area (Å²) < 4.78 is 24.5. The van der Waals surface area contributed by atoms with Crippen LogP contribution in [0.25, 0.3) is 0 Å². The highest BCUT2D eigenvalue weighted by Gasteiger charge is 2.31. The van der Waals surface area contributed by atoms with E-state index in [-0.39, 0.29) is 48.2 Å². The van der Waals surface area contributed by atoms with Crippen LogP contribution in [-0.4, -0.2) is 73.9 Å². The van der Waals surface area contributed by atoms with Crippen molar-refractivity contribution in [2.75, 3.05) is 6.61 Å². The Morgan fingerprint density at radius 2 is 0.890 bits per heavy atom. The molecule has 5 N–H and O–H groups in total. The first-order valence-electron chi connectivity index (χ1n) is 35.0. The van der Waals surface area contributed by atoms with Crippen LogP contribution in [0.3, 0.4) is 0 Å². The molecule has 0 radical (unpaired) electrons. The Kier molecular flexibility index (Phi) is 62.9. The van der Waals surface area contributed by atoms with Gasteiger partial charge in [0.1, 0.15) is 18.5 Å². The monoisotopic (exact) mass is 1280 g/mol. The average Bonchev–Trinajstić information content (AvgIpc) is 3.67. The van der Waals surface area contributed by atoms with Crippen LogP contribution in [0.15, 0.2) is 110 Å². The van der Waals surface area contributed by atoms with E-state index in [1.54, 1.807) is 6.92 Å². The number of carboxylic acid groups (broad SMARTS) is 4. The quantitative estimate of drug-likeness (QED) is 0.0165. The fourth-order valence-corrected chi connectivity index (χ4v) is 10.5. The Hall–Kier alpha value is -5.99. The fraction of sp³-hybridized carbons (Fsp3) is 0.684. The number of carboxylic acids is 4. The molecule has 0 spiro atoms. The molecule has 0 fully saturated rings. The van der Waals surface area contributed by atoms with Crippen molar-refractivity contribution in [3.8, 4) is 0 Å². The summed E-state index contributed by atoms with van der Waals surface area (Å²) in [5, 5.41) is 47.1. The van der Waals surface area contributed by atoms with Gasteiger partial charge < -0.3 is 39.8 Å². The molecule has 0 aromatic carbocycles. The van der Waals surface area contributed by atoms with E-state index in [4.69, 9.17) is 14.6 Å². The van der Waals surface area contributed by atoms with Crippen molar-refractivity contribution in [2.45, 2.75) is 292 Å². The number of ketones is 1. The second-order valence-corrected chi connectivity index (χ2v) is 23.9. The van der Waals surface area contributed by atoms with Crippen LogP contribution in [0, 0.1) is 35.5 Å². The Morgan fingerprint density at radius 3 is 1.41 bits per heavy atom. The van der Waals surface area contributed by atoms with Crippen LogP contribution in [0.1, 0.15) is 286 Å². The molecule has 0 aliphatic rings. The number of aliphatic hydroxyl groups excluding tert-OH is 1. The molecule has 0 saturated carbocycles. The highest BCUT2D eigenvalue weighted by atomic mass is 19.3. The predicted molar refractivity (Wildman–Crippen MR) is 370 cm³/mol. The van der Waals surface area contributed by atoms with Crippen LogP contribution in [0.5, 0.6) is 0 Å². The van der Waals surface area contributed by atoms with E-state index < -0.39 is 54.0 Å². The molecule has 0 aliphatic heterocycles. The topological polar surface area (TPSA) is 231 Å². The third kappa shape index (κ3) is 56.5. The molecule has 0 aromatic heterocycles. The third-order valence-electron chi connectivity index (χ3n) is 15.9. The van der Waals surface area contributed by atoms with Crippen molar-refractivity contribution < 1.29 is 73.2 Å². The second kappa shape index (κ2) is 64.1. The lowest BCUT2D eigenvalue weighted by atomic mass is 9.84. The Balaban J connectivity index is -0.00000215. The molecule has 0 aromatic rings. The van der Waals surface area contributed by atoms with E-state index in [2.05, 4.69) is 63.7 Å². The Bertz CT molecular complexity index is 2100. The fourth-order valence-electron chi connectivity index (χ4n) is 10.5. The van der Waals surface area contributed by atoms with Gasteiger partial charge in [-0.05, 0) is 115 Å². The van der Waals surface area contributed by atoms with Crippen LogP contribution in [-0.2, 0) is 43.2 Å².